The first-order valence-electron chi connectivity index (χ1n) is 9.68. The Morgan fingerprint density at radius 3 is 2.29 bits per heavy atom. The van der Waals surface area contributed by atoms with E-state index in [1.54, 1.807) is 49.4 Å². The van der Waals surface area contributed by atoms with Crippen molar-refractivity contribution in [3.63, 3.8) is 0 Å². The van der Waals surface area contributed by atoms with Crippen LogP contribution in [-0.2, 0) is 4.74 Å². The normalized spacial score (nSPS) is 25.8. The van der Waals surface area contributed by atoms with Crippen LogP contribution < -0.4 is 14.2 Å². The molecule has 2 aromatic carbocycles. The smallest absolute Gasteiger partial charge is 0.229 e. The van der Waals surface area contributed by atoms with E-state index in [9.17, 15) is 15.3 Å². The highest BCUT2D eigenvalue weighted by molar-refractivity contribution is 5.75. The van der Waals surface area contributed by atoms with Gasteiger partial charge in [-0.1, -0.05) is 24.3 Å². The number of nitriles is 1. The summed E-state index contributed by atoms with van der Waals surface area (Å²) in [7, 11) is 2.99. The molecule has 0 aromatic heterocycles. The number of benzene rings is 2. The van der Waals surface area contributed by atoms with Crippen LogP contribution in [0.25, 0.3) is 12.2 Å². The van der Waals surface area contributed by atoms with E-state index in [0.717, 1.165) is 5.56 Å². The van der Waals surface area contributed by atoms with Crippen molar-refractivity contribution in [2.75, 3.05) is 14.2 Å². The molecule has 0 spiro atoms. The summed E-state index contributed by atoms with van der Waals surface area (Å²) in [6.07, 6.45) is -2.50. The van der Waals surface area contributed by atoms with Crippen LogP contribution >= 0.6 is 0 Å². The van der Waals surface area contributed by atoms with Gasteiger partial charge in [-0.15, -0.1) is 0 Å². The van der Waals surface area contributed by atoms with Gasteiger partial charge in [-0.05, 0) is 30.7 Å². The molecule has 0 aliphatic carbocycles. The summed E-state index contributed by atoms with van der Waals surface area (Å²) in [5.74, 6) is 1.13. The van der Waals surface area contributed by atoms with Gasteiger partial charge in [-0.2, -0.15) is 5.26 Å². The summed E-state index contributed by atoms with van der Waals surface area (Å²) < 4.78 is 22.3. The maximum Gasteiger partial charge on any atom is 0.229 e. The molecule has 2 aromatic rings. The molecule has 5 atom stereocenters. The van der Waals surface area contributed by atoms with E-state index in [-0.39, 0.29) is 5.75 Å². The van der Waals surface area contributed by atoms with E-state index in [4.69, 9.17) is 24.2 Å². The number of aliphatic hydroxyl groups excluding tert-OH is 3. The van der Waals surface area contributed by atoms with Crippen LogP contribution in [0.4, 0.5) is 0 Å². The number of hydrogen-bond acceptors (Lipinski definition) is 8. The summed E-state index contributed by atoms with van der Waals surface area (Å²) in [4.78, 5) is 0. The predicted molar refractivity (Wildman–Crippen MR) is 113 cm³/mol. The van der Waals surface area contributed by atoms with Gasteiger partial charge in [-0.3, -0.25) is 0 Å². The van der Waals surface area contributed by atoms with Crippen molar-refractivity contribution >= 4 is 12.2 Å². The molecular formula is C23H25NO7. The highest BCUT2D eigenvalue weighted by atomic mass is 16.7. The number of hydrogen-bond donors (Lipinski definition) is 3. The number of methoxy groups -OCH3 is 2. The number of rotatable bonds is 6. The lowest BCUT2D eigenvalue weighted by atomic mass is 10.00. The Bertz CT molecular complexity index is 967. The van der Waals surface area contributed by atoms with Crippen molar-refractivity contribution in [3.05, 3.63) is 53.1 Å². The zero-order chi connectivity index (χ0) is 22.5. The van der Waals surface area contributed by atoms with Gasteiger partial charge in [0.25, 0.3) is 0 Å². The minimum Gasteiger partial charge on any atom is -0.497 e. The van der Waals surface area contributed by atoms with Gasteiger partial charge in [0.05, 0.1) is 32.0 Å². The second-order valence-electron chi connectivity index (χ2n) is 7.11. The monoisotopic (exact) mass is 427 g/mol. The molecule has 0 saturated carbocycles. The largest absolute Gasteiger partial charge is 0.497 e. The zero-order valence-corrected chi connectivity index (χ0v) is 17.4. The number of nitrogens with zero attached hydrogens (tertiary/aromatic N) is 1. The SMILES string of the molecule is COc1cc(/C=C/c2ccc(C#N)cc2)c(O[C@@H]2OC(C)[C@@H](O)C(O)[C@H]2O)c(OC)c1. The minimum absolute atomic E-state index is 0.271. The molecule has 8 nitrogen and oxygen atoms in total. The summed E-state index contributed by atoms with van der Waals surface area (Å²) in [6, 6.07) is 12.5. The van der Waals surface area contributed by atoms with Gasteiger partial charge < -0.3 is 34.3 Å². The first kappa shape index (κ1) is 22.6. The highest BCUT2D eigenvalue weighted by Crippen LogP contribution is 2.39. The summed E-state index contributed by atoms with van der Waals surface area (Å²) in [5, 5.41) is 39.3. The lowest BCUT2D eigenvalue weighted by Gasteiger charge is -2.39. The Morgan fingerprint density at radius 1 is 0.968 bits per heavy atom. The fraction of sp³-hybridized carbons (Fsp3) is 0.348. The molecule has 1 heterocycles. The van der Waals surface area contributed by atoms with Gasteiger partial charge >= 0.3 is 0 Å². The van der Waals surface area contributed by atoms with Crippen LogP contribution in [0.1, 0.15) is 23.6 Å². The predicted octanol–water partition coefficient (Wildman–Crippen LogP) is 1.95. The van der Waals surface area contributed by atoms with Crippen LogP contribution in [0.3, 0.4) is 0 Å². The topological polar surface area (TPSA) is 121 Å². The van der Waals surface area contributed by atoms with Gasteiger partial charge in [0.2, 0.25) is 6.29 Å². The van der Waals surface area contributed by atoms with Crippen LogP contribution in [0.5, 0.6) is 17.2 Å². The Kier molecular flexibility index (Phi) is 7.15. The molecule has 0 amide bonds. The van der Waals surface area contributed by atoms with Crippen molar-refractivity contribution in [1.29, 1.82) is 5.26 Å². The fourth-order valence-electron chi connectivity index (χ4n) is 3.20. The second kappa shape index (κ2) is 9.81. The zero-order valence-electron chi connectivity index (χ0n) is 17.4. The second-order valence-corrected chi connectivity index (χ2v) is 7.11. The number of ether oxygens (including phenoxy) is 4. The number of aliphatic hydroxyl groups is 3. The van der Waals surface area contributed by atoms with E-state index < -0.39 is 30.7 Å². The summed E-state index contributed by atoms with van der Waals surface area (Å²) in [6.45, 7) is 1.58. The third-order valence-electron chi connectivity index (χ3n) is 5.05. The van der Waals surface area contributed by atoms with Crippen LogP contribution in [-0.4, -0.2) is 60.2 Å². The van der Waals surface area contributed by atoms with Crippen LogP contribution in [0, 0.1) is 11.3 Å². The molecular weight excluding hydrogens is 402 g/mol. The quantitative estimate of drug-likeness (QED) is 0.598. The average molecular weight is 427 g/mol. The minimum atomic E-state index is -1.46. The average Bonchev–Trinajstić information content (AvgIpc) is 2.80. The van der Waals surface area contributed by atoms with Crippen molar-refractivity contribution < 1.29 is 34.3 Å². The van der Waals surface area contributed by atoms with Gasteiger partial charge in [0.1, 0.15) is 24.1 Å². The molecule has 1 aliphatic rings. The third-order valence-corrected chi connectivity index (χ3v) is 5.05. The lowest BCUT2D eigenvalue weighted by Crippen LogP contribution is -2.58. The molecule has 3 rings (SSSR count). The standard InChI is InChI=1S/C23H25NO7/c1-13-19(25)20(26)21(27)23(30-13)31-22-16(10-17(28-2)11-18(22)29-3)9-8-14-4-6-15(12-24)7-5-14/h4-11,13,19-21,23,25-27H,1-3H3/b9-8+/t13?,19-,20?,21-,23+/m1/s1. The Hall–Kier alpha value is -3.09. The third kappa shape index (κ3) is 4.98. The lowest BCUT2D eigenvalue weighted by molar-refractivity contribution is -0.268. The first-order valence-corrected chi connectivity index (χ1v) is 9.68. The highest BCUT2D eigenvalue weighted by Gasteiger charge is 2.43. The Labute approximate surface area is 180 Å². The molecule has 3 N–H and O–H groups in total. The van der Waals surface area contributed by atoms with Crippen LogP contribution in [0.15, 0.2) is 36.4 Å². The molecule has 1 saturated heterocycles. The molecule has 31 heavy (non-hydrogen) atoms. The molecule has 0 radical (unpaired) electrons. The maximum absolute atomic E-state index is 10.3. The Balaban J connectivity index is 1.96. The van der Waals surface area contributed by atoms with E-state index in [2.05, 4.69) is 6.07 Å². The van der Waals surface area contributed by atoms with Gasteiger partial charge in [0.15, 0.2) is 11.5 Å². The molecule has 1 aliphatic heterocycles. The first-order chi connectivity index (χ1) is 14.9. The van der Waals surface area contributed by atoms with E-state index >= 15 is 0 Å². The van der Waals surface area contributed by atoms with Crippen molar-refractivity contribution in [2.24, 2.45) is 0 Å². The van der Waals surface area contributed by atoms with Crippen molar-refractivity contribution in [3.8, 4) is 23.3 Å². The molecule has 8 heteroatoms. The van der Waals surface area contributed by atoms with Crippen LogP contribution in [0.2, 0.25) is 0 Å². The van der Waals surface area contributed by atoms with Crippen molar-refractivity contribution in [2.45, 2.75) is 37.6 Å². The molecule has 1 fully saturated rings. The van der Waals surface area contributed by atoms with E-state index in [1.807, 2.05) is 6.08 Å². The summed E-state index contributed by atoms with van der Waals surface area (Å²) in [5.41, 5.74) is 1.99. The fourth-order valence-corrected chi connectivity index (χ4v) is 3.20. The molecule has 2 unspecified atom stereocenters. The van der Waals surface area contributed by atoms with E-state index in [1.165, 1.54) is 14.2 Å². The summed E-state index contributed by atoms with van der Waals surface area (Å²) >= 11 is 0. The molecule has 164 valence electrons. The van der Waals surface area contributed by atoms with E-state index in [0.29, 0.717) is 22.6 Å². The van der Waals surface area contributed by atoms with Gasteiger partial charge in [0, 0.05) is 11.6 Å². The maximum atomic E-state index is 10.3. The Morgan fingerprint density at radius 2 is 1.68 bits per heavy atom. The molecule has 0 bridgehead atoms. The van der Waals surface area contributed by atoms with Gasteiger partial charge in [-0.25, -0.2) is 0 Å². The van der Waals surface area contributed by atoms with Crippen molar-refractivity contribution in [1.82, 2.24) is 0 Å².